The van der Waals surface area contributed by atoms with Gasteiger partial charge in [-0.25, -0.2) is 0 Å². The van der Waals surface area contributed by atoms with E-state index in [1.54, 1.807) is 0 Å². The fourth-order valence-electron chi connectivity index (χ4n) is 0.832. The zero-order valence-corrected chi connectivity index (χ0v) is 17.2. The number of hydrogen-bond donors (Lipinski definition) is 0. The van der Waals surface area contributed by atoms with E-state index in [1.807, 2.05) is 0 Å². The Hall–Kier alpha value is 1.06. The highest BCUT2D eigenvalue weighted by molar-refractivity contribution is 6.76. The van der Waals surface area contributed by atoms with Gasteiger partial charge in [-0.1, -0.05) is 0 Å². The minimum absolute atomic E-state index is 0.832. The van der Waals surface area contributed by atoms with Crippen molar-refractivity contribution < 1.29 is 24.7 Å². The molecule has 12 heteroatoms. The average Bonchev–Trinajstić information content (AvgIpc) is 2.13. The van der Waals surface area contributed by atoms with Crippen molar-refractivity contribution in [2.75, 3.05) is 0 Å². The van der Waals surface area contributed by atoms with Crippen LogP contribution in [-0.4, -0.2) is 57.9 Å². The van der Waals surface area contributed by atoms with Crippen LogP contribution in [0.1, 0.15) is 0 Å². The Morgan fingerprint density at radius 2 is 1.33 bits per heavy atom. The highest BCUT2D eigenvalue weighted by atomic mass is 28.5. The molecule has 0 aliphatic carbocycles. The van der Waals surface area contributed by atoms with Gasteiger partial charge in [0.05, 0.1) is 0 Å². The predicted octanol–water partition coefficient (Wildman–Crippen LogP) is -3.35. The van der Waals surface area contributed by atoms with Crippen LogP contribution in [0, 0.1) is 0 Å². The monoisotopic (exact) mass is 318 g/mol. The molecule has 90 valence electrons. The van der Waals surface area contributed by atoms with E-state index in [4.69, 9.17) is 24.7 Å². The summed E-state index contributed by atoms with van der Waals surface area (Å²) >= 11 is 0. The Morgan fingerprint density at radius 3 is 1.80 bits per heavy atom. The van der Waals surface area contributed by atoms with Gasteiger partial charge in [-0.3, -0.25) is 0 Å². The summed E-state index contributed by atoms with van der Waals surface area (Å²) in [6.45, 7) is 6.38. The number of rotatable bonds is 2. The lowest BCUT2D eigenvalue weighted by molar-refractivity contribution is 0.268. The Morgan fingerprint density at radius 1 is 0.867 bits per heavy atom. The Kier molecular flexibility index (Phi) is 6.97. The van der Waals surface area contributed by atoms with Crippen LogP contribution in [0.2, 0.25) is 19.6 Å². The third kappa shape index (κ3) is 7.88. The SMILES string of the molecule is C[Si](C)(C)O[SiH]1O[SiH2]O[SiH2]O[SiH2]O[SiH2]O1. The summed E-state index contributed by atoms with van der Waals surface area (Å²) in [6.07, 6.45) is 0. The highest BCUT2D eigenvalue weighted by Crippen LogP contribution is 2.06. The van der Waals surface area contributed by atoms with Crippen LogP contribution in [0.25, 0.3) is 0 Å². The molecule has 15 heavy (non-hydrogen) atoms. The van der Waals surface area contributed by atoms with Gasteiger partial charge in [0.25, 0.3) is 40.0 Å². The standard InChI is InChI=1S/C3H18O6Si6/c1-15(2,3)9-14-7-12-5-10-4-11-6-13-8-14/h14H,10-13H2,1-3H3. The van der Waals surface area contributed by atoms with E-state index in [-0.39, 0.29) is 0 Å². The molecule has 0 atom stereocenters. The Labute approximate surface area is 102 Å². The van der Waals surface area contributed by atoms with Crippen molar-refractivity contribution in [1.82, 2.24) is 0 Å². The molecule has 0 saturated carbocycles. The third-order valence-corrected chi connectivity index (χ3v) is 12.2. The van der Waals surface area contributed by atoms with Crippen LogP contribution < -0.4 is 0 Å². The molecule has 1 fully saturated rings. The van der Waals surface area contributed by atoms with Crippen molar-refractivity contribution in [3.63, 3.8) is 0 Å². The van der Waals surface area contributed by atoms with Crippen molar-refractivity contribution in [3.05, 3.63) is 0 Å². The molecule has 0 aromatic carbocycles. The lowest BCUT2D eigenvalue weighted by Crippen LogP contribution is -2.42. The highest BCUT2D eigenvalue weighted by Gasteiger charge is 2.25. The van der Waals surface area contributed by atoms with Gasteiger partial charge >= 0.3 is 9.53 Å². The molecule has 0 N–H and O–H groups in total. The number of hydrogen-bond acceptors (Lipinski definition) is 6. The summed E-state index contributed by atoms with van der Waals surface area (Å²) in [5.41, 5.74) is 0. The summed E-state index contributed by atoms with van der Waals surface area (Å²) in [4.78, 5) is 0. The van der Waals surface area contributed by atoms with Gasteiger partial charge in [0, 0.05) is 0 Å². The van der Waals surface area contributed by atoms with Crippen LogP contribution in [0.4, 0.5) is 0 Å². The first kappa shape index (κ1) is 14.1. The van der Waals surface area contributed by atoms with Crippen LogP contribution >= 0.6 is 0 Å². The zero-order valence-electron chi connectivity index (χ0n) is 9.36. The summed E-state index contributed by atoms with van der Waals surface area (Å²) in [5.74, 6) is 0. The van der Waals surface area contributed by atoms with Crippen LogP contribution in [0.15, 0.2) is 0 Å². The molecule has 0 amide bonds. The van der Waals surface area contributed by atoms with Crippen molar-refractivity contribution >= 4 is 57.9 Å². The molecule has 0 aromatic rings. The maximum Gasteiger partial charge on any atom is 0.455 e. The molecular formula is C3H18O6Si6. The van der Waals surface area contributed by atoms with Crippen molar-refractivity contribution in [1.29, 1.82) is 0 Å². The molecule has 0 radical (unpaired) electrons. The normalized spacial score (nSPS) is 32.6. The average molecular weight is 319 g/mol. The molecule has 1 saturated heterocycles. The van der Waals surface area contributed by atoms with Gasteiger partial charge in [0.2, 0.25) is 0 Å². The fraction of sp³-hybridized carbons (Fsp3) is 1.00. The van der Waals surface area contributed by atoms with Crippen LogP contribution in [-0.2, 0) is 24.7 Å². The second-order valence-electron chi connectivity index (χ2n) is 3.94. The molecule has 0 bridgehead atoms. The first-order chi connectivity index (χ1) is 7.08. The second-order valence-corrected chi connectivity index (χ2v) is 18.2. The van der Waals surface area contributed by atoms with Gasteiger partial charge in [0.15, 0.2) is 8.32 Å². The molecule has 1 aliphatic rings. The maximum absolute atomic E-state index is 5.84. The zero-order chi connectivity index (χ0) is 11.1. The van der Waals surface area contributed by atoms with Crippen molar-refractivity contribution in [2.45, 2.75) is 19.6 Å². The van der Waals surface area contributed by atoms with Crippen molar-refractivity contribution in [2.24, 2.45) is 0 Å². The Bertz CT molecular complexity index is 165. The van der Waals surface area contributed by atoms with E-state index in [9.17, 15) is 0 Å². The van der Waals surface area contributed by atoms with Crippen LogP contribution in [0.5, 0.6) is 0 Å². The van der Waals surface area contributed by atoms with Gasteiger partial charge < -0.3 is 24.7 Å². The van der Waals surface area contributed by atoms with Crippen molar-refractivity contribution in [3.8, 4) is 0 Å². The topological polar surface area (TPSA) is 55.4 Å². The molecule has 1 aliphatic heterocycles. The summed E-state index contributed by atoms with van der Waals surface area (Å²) in [6, 6.07) is 0. The molecule has 0 spiro atoms. The van der Waals surface area contributed by atoms with E-state index in [2.05, 4.69) is 19.6 Å². The minimum atomic E-state index is -1.95. The Balaban J connectivity index is 2.31. The fourth-order valence-corrected chi connectivity index (χ4v) is 13.4. The lowest BCUT2D eigenvalue weighted by atomic mass is 11.8. The van der Waals surface area contributed by atoms with E-state index < -0.39 is 57.9 Å². The maximum atomic E-state index is 5.84. The molecular weight excluding hydrogens is 301 g/mol. The van der Waals surface area contributed by atoms with Gasteiger partial charge in [0.1, 0.15) is 0 Å². The van der Waals surface area contributed by atoms with E-state index in [1.165, 1.54) is 0 Å². The summed E-state index contributed by atoms with van der Waals surface area (Å²) in [7, 11) is -7.08. The van der Waals surface area contributed by atoms with E-state index >= 15 is 0 Å². The molecule has 1 rings (SSSR count). The quantitative estimate of drug-likeness (QED) is 0.496. The van der Waals surface area contributed by atoms with Crippen LogP contribution in [0.3, 0.4) is 0 Å². The second kappa shape index (κ2) is 7.40. The predicted molar refractivity (Wildman–Crippen MR) is 71.2 cm³/mol. The molecule has 1 heterocycles. The lowest BCUT2D eigenvalue weighted by Gasteiger charge is -2.25. The third-order valence-electron chi connectivity index (χ3n) is 1.36. The largest absolute Gasteiger partial charge is 0.455 e. The van der Waals surface area contributed by atoms with E-state index in [0.29, 0.717) is 0 Å². The first-order valence-corrected chi connectivity index (χ1v) is 14.2. The molecule has 0 unspecified atom stereocenters. The van der Waals surface area contributed by atoms with Gasteiger partial charge in [-0.2, -0.15) is 0 Å². The van der Waals surface area contributed by atoms with Gasteiger partial charge in [-0.05, 0) is 19.6 Å². The molecule has 0 aromatic heterocycles. The molecule has 6 nitrogen and oxygen atoms in total. The first-order valence-electron chi connectivity index (χ1n) is 4.72. The smallest absolute Gasteiger partial charge is 0.425 e. The van der Waals surface area contributed by atoms with Gasteiger partial charge in [-0.15, -0.1) is 0 Å². The summed E-state index contributed by atoms with van der Waals surface area (Å²) in [5, 5.41) is 0. The summed E-state index contributed by atoms with van der Waals surface area (Å²) < 4.78 is 32.9. The minimum Gasteiger partial charge on any atom is -0.425 e. The van der Waals surface area contributed by atoms with E-state index in [0.717, 1.165) is 0 Å².